The van der Waals surface area contributed by atoms with Crippen LogP contribution in [-0.4, -0.2) is 36.8 Å². The van der Waals surface area contributed by atoms with Gasteiger partial charge in [0.1, 0.15) is 11.9 Å². The molecule has 1 aromatic carbocycles. The molecule has 0 aliphatic carbocycles. The Labute approximate surface area is 140 Å². The highest BCUT2D eigenvalue weighted by molar-refractivity contribution is 5.93. The highest BCUT2D eigenvalue weighted by Gasteiger charge is 2.20. The number of pyridine rings is 1. The van der Waals surface area contributed by atoms with Crippen LogP contribution in [0.25, 0.3) is 0 Å². The van der Waals surface area contributed by atoms with Gasteiger partial charge in [-0.05, 0) is 30.7 Å². The van der Waals surface area contributed by atoms with Crippen LogP contribution in [0.15, 0.2) is 42.6 Å². The zero-order valence-electron chi connectivity index (χ0n) is 13.5. The van der Waals surface area contributed by atoms with Gasteiger partial charge < -0.3 is 19.5 Å². The summed E-state index contributed by atoms with van der Waals surface area (Å²) in [6.07, 6.45) is 1.58. The molecule has 1 aromatic heterocycles. The third kappa shape index (κ3) is 4.23. The third-order valence-electron chi connectivity index (χ3n) is 3.56. The molecule has 2 heterocycles. The van der Waals surface area contributed by atoms with Crippen molar-refractivity contribution < 1.29 is 19.0 Å². The van der Waals surface area contributed by atoms with Gasteiger partial charge in [-0.15, -0.1) is 0 Å². The monoisotopic (exact) mass is 328 g/mol. The van der Waals surface area contributed by atoms with Crippen molar-refractivity contribution in [3.05, 3.63) is 53.7 Å². The number of amides is 1. The van der Waals surface area contributed by atoms with Crippen LogP contribution in [0.5, 0.6) is 11.6 Å². The largest absolute Gasteiger partial charge is 0.494 e. The molecule has 1 amide bonds. The predicted molar refractivity (Wildman–Crippen MR) is 88.3 cm³/mol. The summed E-state index contributed by atoms with van der Waals surface area (Å²) in [7, 11) is 0. The Bertz CT molecular complexity index is 684. The van der Waals surface area contributed by atoms with Gasteiger partial charge in [-0.25, -0.2) is 4.98 Å². The first-order valence-electron chi connectivity index (χ1n) is 7.95. The van der Waals surface area contributed by atoms with Crippen LogP contribution in [0.4, 0.5) is 0 Å². The normalized spacial score (nSPS) is 13.9. The first-order chi connectivity index (χ1) is 11.7. The highest BCUT2D eigenvalue weighted by Crippen LogP contribution is 2.15. The van der Waals surface area contributed by atoms with Gasteiger partial charge in [0.2, 0.25) is 5.88 Å². The van der Waals surface area contributed by atoms with Crippen molar-refractivity contribution in [2.45, 2.75) is 19.6 Å². The lowest BCUT2D eigenvalue weighted by molar-refractivity contribution is -0.0813. The number of ether oxygens (including phenoxy) is 3. The zero-order valence-corrected chi connectivity index (χ0v) is 13.5. The number of benzene rings is 1. The molecule has 0 bridgehead atoms. The quantitative estimate of drug-likeness (QED) is 0.844. The molecule has 2 aromatic rings. The van der Waals surface area contributed by atoms with E-state index in [2.05, 4.69) is 10.3 Å². The molecule has 6 heteroatoms. The van der Waals surface area contributed by atoms with Crippen molar-refractivity contribution in [1.82, 2.24) is 10.3 Å². The summed E-state index contributed by atoms with van der Waals surface area (Å²) in [5.41, 5.74) is 1.47. The van der Waals surface area contributed by atoms with E-state index in [9.17, 15) is 4.79 Å². The van der Waals surface area contributed by atoms with E-state index in [1.165, 1.54) is 6.20 Å². The number of carbonyl (C=O) groups excluding carboxylic acids is 1. The molecule has 6 nitrogen and oxygen atoms in total. The molecule has 0 saturated carbocycles. The molecule has 1 aliphatic rings. The molecule has 126 valence electrons. The van der Waals surface area contributed by atoms with Gasteiger partial charge >= 0.3 is 0 Å². The first kappa shape index (κ1) is 16.3. The average molecular weight is 328 g/mol. The van der Waals surface area contributed by atoms with E-state index in [0.29, 0.717) is 37.8 Å². The van der Waals surface area contributed by atoms with Crippen molar-refractivity contribution in [3.8, 4) is 11.6 Å². The Morgan fingerprint density at radius 3 is 2.88 bits per heavy atom. The predicted octanol–water partition coefficient (Wildman–Crippen LogP) is 2.19. The van der Waals surface area contributed by atoms with Crippen molar-refractivity contribution in [3.63, 3.8) is 0 Å². The van der Waals surface area contributed by atoms with Crippen LogP contribution in [0, 0.1) is 0 Å². The van der Waals surface area contributed by atoms with Crippen LogP contribution in [0.1, 0.15) is 22.8 Å². The van der Waals surface area contributed by atoms with Crippen molar-refractivity contribution in [2.24, 2.45) is 0 Å². The average Bonchev–Trinajstić information content (AvgIpc) is 2.57. The third-order valence-corrected chi connectivity index (χ3v) is 3.56. The number of hydrogen-bond donors (Lipinski definition) is 1. The SMILES string of the molecule is CCOc1cccc(CNC(=O)c2ccc(OC3COC3)nc2)c1. The van der Waals surface area contributed by atoms with Gasteiger partial charge in [0.05, 0.1) is 25.4 Å². The zero-order chi connectivity index (χ0) is 16.8. The van der Waals surface area contributed by atoms with E-state index < -0.39 is 0 Å². The number of aromatic nitrogens is 1. The van der Waals surface area contributed by atoms with Crippen LogP contribution in [-0.2, 0) is 11.3 Å². The van der Waals surface area contributed by atoms with Crippen LogP contribution in [0.3, 0.4) is 0 Å². The minimum Gasteiger partial charge on any atom is -0.494 e. The van der Waals surface area contributed by atoms with Crippen LogP contribution in [0.2, 0.25) is 0 Å². The fourth-order valence-corrected chi connectivity index (χ4v) is 2.23. The summed E-state index contributed by atoms with van der Waals surface area (Å²) in [6.45, 7) is 4.16. The second kappa shape index (κ2) is 7.79. The Morgan fingerprint density at radius 1 is 1.33 bits per heavy atom. The molecular formula is C18H20N2O4. The lowest BCUT2D eigenvalue weighted by Gasteiger charge is -2.25. The number of rotatable bonds is 7. The van der Waals surface area contributed by atoms with E-state index in [0.717, 1.165) is 11.3 Å². The topological polar surface area (TPSA) is 69.7 Å². The van der Waals surface area contributed by atoms with Crippen molar-refractivity contribution in [2.75, 3.05) is 19.8 Å². The Morgan fingerprint density at radius 2 is 2.21 bits per heavy atom. The smallest absolute Gasteiger partial charge is 0.253 e. The first-order valence-corrected chi connectivity index (χ1v) is 7.95. The molecule has 0 atom stereocenters. The maximum Gasteiger partial charge on any atom is 0.253 e. The molecular weight excluding hydrogens is 308 g/mol. The van der Waals surface area contributed by atoms with Crippen LogP contribution >= 0.6 is 0 Å². The molecule has 3 rings (SSSR count). The summed E-state index contributed by atoms with van der Waals surface area (Å²) in [4.78, 5) is 16.3. The summed E-state index contributed by atoms with van der Waals surface area (Å²) >= 11 is 0. The molecule has 1 fully saturated rings. The minimum absolute atomic E-state index is 0.0646. The van der Waals surface area contributed by atoms with E-state index >= 15 is 0 Å². The lowest BCUT2D eigenvalue weighted by atomic mass is 10.2. The van der Waals surface area contributed by atoms with E-state index in [1.54, 1.807) is 12.1 Å². The molecule has 1 saturated heterocycles. The van der Waals surface area contributed by atoms with E-state index in [4.69, 9.17) is 14.2 Å². The van der Waals surface area contributed by atoms with Crippen molar-refractivity contribution in [1.29, 1.82) is 0 Å². The van der Waals surface area contributed by atoms with E-state index in [-0.39, 0.29) is 12.0 Å². The summed E-state index contributed by atoms with van der Waals surface area (Å²) < 4.78 is 16.1. The fraction of sp³-hybridized carbons (Fsp3) is 0.333. The minimum atomic E-state index is -0.178. The van der Waals surface area contributed by atoms with Gasteiger partial charge in [0, 0.05) is 18.8 Å². The Kier molecular flexibility index (Phi) is 5.28. The second-order valence-electron chi connectivity index (χ2n) is 5.43. The molecule has 1 N–H and O–H groups in total. The van der Waals surface area contributed by atoms with Gasteiger partial charge in [0.25, 0.3) is 5.91 Å². The molecule has 24 heavy (non-hydrogen) atoms. The number of nitrogens with one attached hydrogen (secondary N) is 1. The van der Waals surface area contributed by atoms with E-state index in [1.807, 2.05) is 31.2 Å². The summed E-state index contributed by atoms with van der Waals surface area (Å²) in [5, 5.41) is 2.87. The van der Waals surface area contributed by atoms with Crippen molar-refractivity contribution >= 4 is 5.91 Å². The lowest BCUT2D eigenvalue weighted by Crippen LogP contribution is -2.38. The second-order valence-corrected chi connectivity index (χ2v) is 5.43. The Hall–Kier alpha value is -2.60. The summed E-state index contributed by atoms with van der Waals surface area (Å²) in [5.74, 6) is 1.12. The highest BCUT2D eigenvalue weighted by atomic mass is 16.6. The molecule has 0 radical (unpaired) electrons. The van der Waals surface area contributed by atoms with Gasteiger partial charge in [-0.3, -0.25) is 4.79 Å². The molecule has 0 spiro atoms. The number of nitrogens with zero attached hydrogens (tertiary/aromatic N) is 1. The maximum absolute atomic E-state index is 12.2. The van der Waals surface area contributed by atoms with Gasteiger partial charge in [-0.1, -0.05) is 12.1 Å². The number of hydrogen-bond acceptors (Lipinski definition) is 5. The van der Waals surface area contributed by atoms with Gasteiger partial charge in [0.15, 0.2) is 0 Å². The summed E-state index contributed by atoms with van der Waals surface area (Å²) in [6, 6.07) is 11.1. The molecule has 0 unspecified atom stereocenters. The maximum atomic E-state index is 12.2. The molecule has 1 aliphatic heterocycles. The van der Waals surface area contributed by atoms with Crippen LogP contribution < -0.4 is 14.8 Å². The standard InChI is InChI=1S/C18H20N2O4/c1-2-23-15-5-3-4-13(8-15)9-20-18(21)14-6-7-17(19-10-14)24-16-11-22-12-16/h3-8,10,16H,2,9,11-12H2,1H3,(H,20,21). The Balaban J connectivity index is 1.53. The van der Waals surface area contributed by atoms with Gasteiger partial charge in [-0.2, -0.15) is 0 Å². The number of carbonyl (C=O) groups is 1. The fourth-order valence-electron chi connectivity index (χ4n) is 2.23.